The maximum Gasteiger partial charge on any atom is 0.198 e. The molecule has 0 saturated carbocycles. The minimum absolute atomic E-state index is 0.0294. The normalized spacial score (nSPS) is 21.2. The van der Waals surface area contributed by atoms with E-state index in [0.717, 1.165) is 17.3 Å². The molecule has 88 valence electrons. The van der Waals surface area contributed by atoms with Gasteiger partial charge in [0.1, 0.15) is 0 Å². The summed E-state index contributed by atoms with van der Waals surface area (Å²) in [6.07, 6.45) is 3.07. The van der Waals surface area contributed by atoms with E-state index in [1.807, 2.05) is 0 Å². The van der Waals surface area contributed by atoms with Crippen molar-refractivity contribution in [2.45, 2.75) is 24.0 Å². The van der Waals surface area contributed by atoms with Crippen molar-refractivity contribution in [3.8, 4) is 0 Å². The predicted octanol–water partition coefficient (Wildman–Crippen LogP) is 1.80. The maximum atomic E-state index is 11.9. The van der Waals surface area contributed by atoms with Crippen LogP contribution in [0.15, 0.2) is 27.8 Å². The van der Waals surface area contributed by atoms with E-state index in [9.17, 15) is 8.42 Å². The van der Waals surface area contributed by atoms with Crippen LogP contribution in [0.3, 0.4) is 0 Å². The molecule has 0 radical (unpaired) electrons. The van der Waals surface area contributed by atoms with Crippen molar-refractivity contribution >= 4 is 25.8 Å². The molecule has 1 aliphatic heterocycles. The van der Waals surface area contributed by atoms with Crippen LogP contribution in [0.5, 0.6) is 0 Å². The van der Waals surface area contributed by atoms with Crippen LogP contribution in [-0.2, 0) is 14.6 Å². The highest BCUT2D eigenvalue weighted by Gasteiger charge is 2.25. The lowest BCUT2D eigenvalue weighted by atomic mass is 10.3. The lowest BCUT2D eigenvalue weighted by molar-refractivity contribution is 0.127. The molecule has 1 aromatic rings. The van der Waals surface area contributed by atoms with Gasteiger partial charge in [-0.05, 0) is 40.9 Å². The molecule has 2 rings (SSSR count). The molecule has 0 aromatic carbocycles. The Morgan fingerprint density at radius 2 is 2.31 bits per heavy atom. The van der Waals surface area contributed by atoms with Crippen LogP contribution in [0.1, 0.15) is 12.8 Å². The minimum atomic E-state index is -3.32. The minimum Gasteiger partial charge on any atom is -0.377 e. The predicted molar refractivity (Wildman–Crippen MR) is 63.0 cm³/mol. The maximum absolute atomic E-state index is 11.9. The molecular formula is C10H12BrNO3S. The van der Waals surface area contributed by atoms with E-state index in [4.69, 9.17) is 4.74 Å². The Hall–Kier alpha value is -0.460. The summed E-state index contributed by atoms with van der Waals surface area (Å²) >= 11 is 3.22. The summed E-state index contributed by atoms with van der Waals surface area (Å²) in [6, 6.07) is 3.18. The van der Waals surface area contributed by atoms with E-state index in [-0.39, 0.29) is 16.9 Å². The van der Waals surface area contributed by atoms with Gasteiger partial charge in [0, 0.05) is 17.3 Å². The fourth-order valence-electron chi connectivity index (χ4n) is 1.65. The van der Waals surface area contributed by atoms with E-state index in [0.29, 0.717) is 6.61 Å². The van der Waals surface area contributed by atoms with Gasteiger partial charge >= 0.3 is 0 Å². The lowest BCUT2D eigenvalue weighted by Gasteiger charge is -2.09. The van der Waals surface area contributed by atoms with Crippen LogP contribution >= 0.6 is 15.9 Å². The molecule has 2 heterocycles. The smallest absolute Gasteiger partial charge is 0.198 e. The van der Waals surface area contributed by atoms with Gasteiger partial charge in [0.25, 0.3) is 0 Å². The largest absolute Gasteiger partial charge is 0.377 e. The Kier molecular flexibility index (Phi) is 3.61. The molecule has 1 saturated heterocycles. The zero-order valence-electron chi connectivity index (χ0n) is 8.60. The Morgan fingerprint density at radius 3 is 2.88 bits per heavy atom. The molecule has 1 aromatic heterocycles. The van der Waals surface area contributed by atoms with Crippen molar-refractivity contribution in [2.75, 3.05) is 12.4 Å². The van der Waals surface area contributed by atoms with Gasteiger partial charge in [-0.3, -0.25) is 0 Å². The highest BCUT2D eigenvalue weighted by molar-refractivity contribution is 9.10. The van der Waals surface area contributed by atoms with Crippen molar-refractivity contribution in [1.82, 2.24) is 4.98 Å². The molecular weight excluding hydrogens is 294 g/mol. The SMILES string of the molecule is O=S(=O)(C[C@H]1CCCO1)c1ccc(Br)cn1. The first-order chi connectivity index (χ1) is 7.58. The summed E-state index contributed by atoms with van der Waals surface area (Å²) in [4.78, 5) is 3.90. The Bertz CT molecular complexity index is 451. The number of rotatable bonds is 3. The molecule has 0 unspecified atom stereocenters. The number of nitrogens with zero attached hydrogens (tertiary/aromatic N) is 1. The average molecular weight is 306 g/mol. The van der Waals surface area contributed by atoms with Crippen molar-refractivity contribution in [1.29, 1.82) is 0 Å². The molecule has 4 nitrogen and oxygen atoms in total. The molecule has 1 fully saturated rings. The molecule has 0 N–H and O–H groups in total. The topological polar surface area (TPSA) is 56.3 Å². The third-order valence-corrected chi connectivity index (χ3v) is 4.61. The Morgan fingerprint density at radius 1 is 1.50 bits per heavy atom. The number of aromatic nitrogens is 1. The Balaban J connectivity index is 2.14. The van der Waals surface area contributed by atoms with Gasteiger partial charge in [-0.15, -0.1) is 0 Å². The van der Waals surface area contributed by atoms with Crippen LogP contribution in [0.2, 0.25) is 0 Å². The standard InChI is InChI=1S/C10H12BrNO3S/c11-8-3-4-10(12-6-8)16(13,14)7-9-2-1-5-15-9/h3-4,6,9H,1-2,5,7H2/t9-/m1/s1. The van der Waals surface area contributed by atoms with Crippen LogP contribution < -0.4 is 0 Å². The van der Waals surface area contributed by atoms with Gasteiger partial charge in [-0.2, -0.15) is 0 Å². The van der Waals surface area contributed by atoms with Crippen molar-refractivity contribution in [3.05, 3.63) is 22.8 Å². The zero-order valence-corrected chi connectivity index (χ0v) is 11.0. The molecule has 0 bridgehead atoms. The van der Waals surface area contributed by atoms with E-state index in [1.54, 1.807) is 6.07 Å². The molecule has 1 atom stereocenters. The van der Waals surface area contributed by atoms with E-state index in [1.165, 1.54) is 12.3 Å². The van der Waals surface area contributed by atoms with Crippen molar-refractivity contribution in [3.63, 3.8) is 0 Å². The van der Waals surface area contributed by atoms with E-state index in [2.05, 4.69) is 20.9 Å². The molecule has 0 aliphatic carbocycles. The summed E-state index contributed by atoms with van der Waals surface area (Å²) in [5.74, 6) is 0.0294. The summed E-state index contributed by atoms with van der Waals surface area (Å²) in [5.41, 5.74) is 0. The summed E-state index contributed by atoms with van der Waals surface area (Å²) < 4.78 is 30.0. The fraction of sp³-hybridized carbons (Fsp3) is 0.500. The number of ether oxygens (including phenoxy) is 1. The highest BCUT2D eigenvalue weighted by atomic mass is 79.9. The van der Waals surface area contributed by atoms with E-state index < -0.39 is 9.84 Å². The second-order valence-corrected chi connectivity index (χ2v) is 6.63. The highest BCUT2D eigenvalue weighted by Crippen LogP contribution is 2.18. The summed E-state index contributed by atoms with van der Waals surface area (Å²) in [7, 11) is -3.32. The quantitative estimate of drug-likeness (QED) is 0.854. The lowest BCUT2D eigenvalue weighted by Crippen LogP contribution is -2.20. The summed E-state index contributed by atoms with van der Waals surface area (Å²) in [6.45, 7) is 0.661. The fourth-order valence-corrected chi connectivity index (χ4v) is 3.30. The molecule has 16 heavy (non-hydrogen) atoms. The number of sulfone groups is 1. The Labute approximate surface area is 103 Å². The van der Waals surface area contributed by atoms with Gasteiger partial charge in [-0.1, -0.05) is 0 Å². The van der Waals surface area contributed by atoms with Crippen molar-refractivity contribution in [2.24, 2.45) is 0 Å². The molecule has 0 spiro atoms. The summed E-state index contributed by atoms with van der Waals surface area (Å²) in [5, 5.41) is 0.117. The van der Waals surface area contributed by atoms with Gasteiger partial charge in [0.2, 0.25) is 0 Å². The van der Waals surface area contributed by atoms with Crippen LogP contribution in [0, 0.1) is 0 Å². The number of hydrogen-bond acceptors (Lipinski definition) is 4. The second kappa shape index (κ2) is 4.81. The third kappa shape index (κ3) is 2.81. The molecule has 1 aliphatic rings. The second-order valence-electron chi connectivity index (χ2n) is 3.73. The average Bonchev–Trinajstić information content (AvgIpc) is 2.70. The monoisotopic (exact) mass is 305 g/mol. The third-order valence-electron chi connectivity index (χ3n) is 2.45. The first-order valence-corrected chi connectivity index (χ1v) is 7.48. The number of pyridine rings is 1. The van der Waals surface area contributed by atoms with Gasteiger partial charge in [-0.25, -0.2) is 13.4 Å². The van der Waals surface area contributed by atoms with Crippen LogP contribution in [0.4, 0.5) is 0 Å². The van der Waals surface area contributed by atoms with Gasteiger partial charge in [0.15, 0.2) is 14.9 Å². The first-order valence-electron chi connectivity index (χ1n) is 5.04. The first kappa shape index (κ1) is 12.0. The van der Waals surface area contributed by atoms with E-state index >= 15 is 0 Å². The van der Waals surface area contributed by atoms with Crippen molar-refractivity contribution < 1.29 is 13.2 Å². The number of halogens is 1. The van der Waals surface area contributed by atoms with Gasteiger partial charge in [0.05, 0.1) is 11.9 Å². The molecule has 0 amide bonds. The zero-order chi connectivity index (χ0) is 11.6. The van der Waals surface area contributed by atoms with Crippen LogP contribution in [0.25, 0.3) is 0 Å². The number of hydrogen-bond donors (Lipinski definition) is 0. The van der Waals surface area contributed by atoms with Gasteiger partial charge < -0.3 is 4.74 Å². The molecule has 6 heteroatoms. The van der Waals surface area contributed by atoms with Crippen LogP contribution in [-0.4, -0.2) is 31.9 Å².